The summed E-state index contributed by atoms with van der Waals surface area (Å²) in [5, 5.41) is 0. The van der Waals surface area contributed by atoms with E-state index in [0.29, 0.717) is 0 Å². The molecule has 0 saturated carbocycles. The molecular formula is C12H24N2O2. The SMILES string of the molecule is C[C@@H](CN(C)C)OC(=O)[C@@H]1CCCN(C)C1. The summed E-state index contributed by atoms with van der Waals surface area (Å²) in [5.41, 5.74) is 0. The summed E-state index contributed by atoms with van der Waals surface area (Å²) in [7, 11) is 6.03. The molecule has 0 aromatic heterocycles. The van der Waals surface area contributed by atoms with E-state index in [1.807, 2.05) is 25.9 Å². The Hall–Kier alpha value is -0.610. The Morgan fingerprint density at radius 2 is 2.25 bits per heavy atom. The summed E-state index contributed by atoms with van der Waals surface area (Å²) in [6, 6.07) is 0. The fourth-order valence-electron chi connectivity index (χ4n) is 2.20. The fourth-order valence-corrected chi connectivity index (χ4v) is 2.20. The van der Waals surface area contributed by atoms with Gasteiger partial charge in [0.05, 0.1) is 5.92 Å². The van der Waals surface area contributed by atoms with Gasteiger partial charge in [0.2, 0.25) is 0 Å². The molecule has 4 heteroatoms. The van der Waals surface area contributed by atoms with Gasteiger partial charge >= 0.3 is 5.97 Å². The van der Waals surface area contributed by atoms with Crippen molar-refractivity contribution in [2.75, 3.05) is 40.8 Å². The van der Waals surface area contributed by atoms with E-state index in [1.54, 1.807) is 0 Å². The number of likely N-dealkylation sites (tertiary alicyclic amines) is 1. The lowest BCUT2D eigenvalue weighted by molar-refractivity contribution is -0.155. The Labute approximate surface area is 98.5 Å². The third-order valence-corrected chi connectivity index (χ3v) is 2.90. The second-order valence-electron chi connectivity index (χ2n) is 5.11. The van der Waals surface area contributed by atoms with Crippen LogP contribution in [-0.2, 0) is 9.53 Å². The first-order valence-corrected chi connectivity index (χ1v) is 6.03. The number of rotatable bonds is 4. The second kappa shape index (κ2) is 6.21. The molecule has 0 amide bonds. The number of ether oxygens (including phenoxy) is 1. The maximum absolute atomic E-state index is 11.9. The van der Waals surface area contributed by atoms with Gasteiger partial charge in [-0.05, 0) is 47.5 Å². The maximum Gasteiger partial charge on any atom is 0.310 e. The van der Waals surface area contributed by atoms with Crippen LogP contribution in [0.5, 0.6) is 0 Å². The molecule has 1 saturated heterocycles. The predicted molar refractivity (Wildman–Crippen MR) is 64.3 cm³/mol. The van der Waals surface area contributed by atoms with Gasteiger partial charge in [0, 0.05) is 13.1 Å². The summed E-state index contributed by atoms with van der Waals surface area (Å²) in [6.07, 6.45) is 2.05. The van der Waals surface area contributed by atoms with E-state index in [1.165, 1.54) is 0 Å². The van der Waals surface area contributed by atoms with Crippen molar-refractivity contribution in [3.63, 3.8) is 0 Å². The lowest BCUT2D eigenvalue weighted by Gasteiger charge is -2.29. The van der Waals surface area contributed by atoms with Crippen LogP contribution >= 0.6 is 0 Å². The van der Waals surface area contributed by atoms with E-state index < -0.39 is 0 Å². The minimum Gasteiger partial charge on any atom is -0.461 e. The van der Waals surface area contributed by atoms with Gasteiger partial charge in [-0.3, -0.25) is 4.79 Å². The number of nitrogens with zero attached hydrogens (tertiary/aromatic N) is 2. The smallest absolute Gasteiger partial charge is 0.310 e. The average Bonchev–Trinajstić information content (AvgIpc) is 2.16. The van der Waals surface area contributed by atoms with Crippen LogP contribution in [0.15, 0.2) is 0 Å². The summed E-state index contributed by atoms with van der Waals surface area (Å²) in [6.45, 7) is 4.67. The maximum atomic E-state index is 11.9. The summed E-state index contributed by atoms with van der Waals surface area (Å²) in [5.74, 6) is 0.0456. The highest BCUT2D eigenvalue weighted by molar-refractivity contribution is 5.73. The highest BCUT2D eigenvalue weighted by Crippen LogP contribution is 2.17. The molecule has 94 valence electrons. The first-order valence-electron chi connectivity index (χ1n) is 6.03. The Morgan fingerprint density at radius 3 is 2.81 bits per heavy atom. The molecule has 1 aliphatic heterocycles. The largest absolute Gasteiger partial charge is 0.461 e. The zero-order valence-corrected chi connectivity index (χ0v) is 10.9. The Kier molecular flexibility index (Phi) is 5.22. The van der Waals surface area contributed by atoms with Gasteiger partial charge in [0.25, 0.3) is 0 Å². The normalized spacial score (nSPS) is 24.4. The third-order valence-electron chi connectivity index (χ3n) is 2.90. The first-order chi connectivity index (χ1) is 7.49. The number of hydrogen-bond acceptors (Lipinski definition) is 4. The minimum absolute atomic E-state index is 0.0188. The first kappa shape index (κ1) is 13.5. The second-order valence-corrected chi connectivity index (χ2v) is 5.11. The molecule has 1 rings (SSSR count). The van der Waals surface area contributed by atoms with Crippen molar-refractivity contribution >= 4 is 5.97 Å². The van der Waals surface area contributed by atoms with Crippen LogP contribution in [0.1, 0.15) is 19.8 Å². The Bertz CT molecular complexity index is 231. The van der Waals surface area contributed by atoms with Gasteiger partial charge in [-0.15, -0.1) is 0 Å². The number of carbonyl (C=O) groups excluding carboxylic acids is 1. The van der Waals surface area contributed by atoms with Crippen molar-refractivity contribution in [1.82, 2.24) is 9.80 Å². The zero-order chi connectivity index (χ0) is 12.1. The van der Waals surface area contributed by atoms with E-state index >= 15 is 0 Å². The molecule has 0 aromatic rings. The van der Waals surface area contributed by atoms with Crippen LogP contribution in [0.3, 0.4) is 0 Å². The van der Waals surface area contributed by atoms with Gasteiger partial charge in [-0.1, -0.05) is 0 Å². The molecule has 2 atom stereocenters. The molecule has 0 N–H and O–H groups in total. The van der Waals surface area contributed by atoms with Gasteiger partial charge in [0.15, 0.2) is 0 Å². The molecule has 1 heterocycles. The molecular weight excluding hydrogens is 204 g/mol. The molecule has 1 fully saturated rings. The summed E-state index contributed by atoms with van der Waals surface area (Å²) < 4.78 is 5.44. The average molecular weight is 228 g/mol. The van der Waals surface area contributed by atoms with Crippen molar-refractivity contribution in [2.45, 2.75) is 25.9 Å². The molecule has 0 bridgehead atoms. The van der Waals surface area contributed by atoms with Gasteiger partial charge in [-0.2, -0.15) is 0 Å². The van der Waals surface area contributed by atoms with Crippen LogP contribution in [0.2, 0.25) is 0 Å². The lowest BCUT2D eigenvalue weighted by atomic mass is 9.99. The standard InChI is InChI=1S/C12H24N2O2/c1-10(8-13(2)3)16-12(15)11-6-5-7-14(4)9-11/h10-11H,5-9H2,1-4H3/t10-,11+/m0/s1. The van der Waals surface area contributed by atoms with Crippen LogP contribution in [0.4, 0.5) is 0 Å². The summed E-state index contributed by atoms with van der Waals surface area (Å²) >= 11 is 0. The van der Waals surface area contributed by atoms with Crippen molar-refractivity contribution < 1.29 is 9.53 Å². The molecule has 4 nitrogen and oxygen atoms in total. The monoisotopic (exact) mass is 228 g/mol. The van der Waals surface area contributed by atoms with E-state index in [4.69, 9.17) is 4.74 Å². The Balaban J connectivity index is 2.33. The van der Waals surface area contributed by atoms with E-state index in [0.717, 1.165) is 32.5 Å². The summed E-state index contributed by atoms with van der Waals surface area (Å²) in [4.78, 5) is 16.1. The molecule has 1 aliphatic rings. The van der Waals surface area contributed by atoms with Crippen LogP contribution in [0.25, 0.3) is 0 Å². The molecule has 0 unspecified atom stereocenters. The highest BCUT2D eigenvalue weighted by atomic mass is 16.5. The highest BCUT2D eigenvalue weighted by Gasteiger charge is 2.26. The molecule has 0 aliphatic carbocycles. The third kappa shape index (κ3) is 4.49. The van der Waals surface area contributed by atoms with Crippen LogP contribution in [-0.4, -0.2) is 62.7 Å². The molecule has 0 aromatic carbocycles. The molecule has 16 heavy (non-hydrogen) atoms. The topological polar surface area (TPSA) is 32.8 Å². The number of piperidine rings is 1. The zero-order valence-electron chi connectivity index (χ0n) is 10.9. The van der Waals surface area contributed by atoms with Crippen LogP contribution in [0, 0.1) is 5.92 Å². The lowest BCUT2D eigenvalue weighted by Crippen LogP contribution is -2.39. The number of likely N-dealkylation sites (N-methyl/N-ethyl adjacent to an activating group) is 1. The van der Waals surface area contributed by atoms with Crippen molar-refractivity contribution in [1.29, 1.82) is 0 Å². The van der Waals surface area contributed by atoms with Crippen molar-refractivity contribution in [3.05, 3.63) is 0 Å². The van der Waals surface area contributed by atoms with Crippen LogP contribution < -0.4 is 0 Å². The van der Waals surface area contributed by atoms with Gasteiger partial charge in [-0.25, -0.2) is 0 Å². The number of esters is 1. The van der Waals surface area contributed by atoms with Crippen molar-refractivity contribution in [2.24, 2.45) is 5.92 Å². The quantitative estimate of drug-likeness (QED) is 0.667. The van der Waals surface area contributed by atoms with E-state index in [-0.39, 0.29) is 18.0 Å². The van der Waals surface area contributed by atoms with Crippen molar-refractivity contribution in [3.8, 4) is 0 Å². The molecule has 0 radical (unpaired) electrons. The van der Waals surface area contributed by atoms with E-state index in [9.17, 15) is 4.79 Å². The minimum atomic E-state index is -0.0269. The predicted octanol–water partition coefficient (Wildman–Crippen LogP) is 0.821. The van der Waals surface area contributed by atoms with Gasteiger partial charge < -0.3 is 14.5 Å². The molecule has 0 spiro atoms. The number of hydrogen-bond donors (Lipinski definition) is 0. The van der Waals surface area contributed by atoms with Gasteiger partial charge in [0.1, 0.15) is 6.10 Å². The Morgan fingerprint density at radius 1 is 1.56 bits per heavy atom. The van der Waals surface area contributed by atoms with E-state index in [2.05, 4.69) is 11.9 Å². The fraction of sp³-hybridized carbons (Fsp3) is 0.917. The number of carbonyl (C=O) groups is 1.